The van der Waals surface area contributed by atoms with Gasteiger partial charge in [0, 0.05) is 18.3 Å². The van der Waals surface area contributed by atoms with Gasteiger partial charge < -0.3 is 15.4 Å². The molecule has 0 aliphatic heterocycles. The quantitative estimate of drug-likeness (QED) is 0.491. The molecule has 3 N–H and O–H groups in total. The summed E-state index contributed by atoms with van der Waals surface area (Å²) in [6.45, 7) is 1.24. The second-order valence-electron chi connectivity index (χ2n) is 7.18. The van der Waals surface area contributed by atoms with Gasteiger partial charge >= 0.3 is 0 Å². The number of benzene rings is 1. The summed E-state index contributed by atoms with van der Waals surface area (Å²) in [6, 6.07) is 6.78. The van der Waals surface area contributed by atoms with E-state index in [9.17, 15) is 13.6 Å². The molecule has 4 aromatic rings. The highest BCUT2D eigenvalue weighted by Gasteiger charge is 2.20. The Balaban J connectivity index is 1.84. The van der Waals surface area contributed by atoms with Crippen LogP contribution in [0.15, 0.2) is 47.5 Å². The van der Waals surface area contributed by atoms with Crippen molar-refractivity contribution in [1.82, 2.24) is 24.6 Å². The average molecular weight is 426 g/mol. The van der Waals surface area contributed by atoms with Gasteiger partial charge in [0.15, 0.2) is 5.82 Å². The van der Waals surface area contributed by atoms with Crippen molar-refractivity contribution in [2.75, 3.05) is 33.0 Å². The highest BCUT2D eigenvalue weighted by Crippen LogP contribution is 2.29. The van der Waals surface area contributed by atoms with Crippen molar-refractivity contribution < 1.29 is 13.5 Å². The number of nitrogens with two attached hydrogens (primary N) is 1. The molecule has 1 aromatic carbocycles. The second-order valence-corrected chi connectivity index (χ2v) is 7.18. The summed E-state index contributed by atoms with van der Waals surface area (Å²) in [5, 5.41) is 6.63. The number of nitrogen functional groups attached to an aromatic ring is 1. The molecular formula is C21H20F2N6O2. The number of hydrogen-bond acceptors (Lipinski definition) is 6. The average Bonchev–Trinajstić information content (AvgIpc) is 3.12. The SMILES string of the molecule is CN(C)CCOc1ccc(-c2cn(-c3c(F)cccc3F)c(=O)c3c(N)n[nH]c23)nc1. The largest absolute Gasteiger partial charge is 0.491 e. The van der Waals surface area contributed by atoms with Crippen LogP contribution in [-0.2, 0) is 0 Å². The third kappa shape index (κ3) is 3.84. The predicted octanol–water partition coefficient (Wildman–Crippen LogP) is 2.58. The number of H-pyrrole nitrogens is 1. The molecule has 0 fully saturated rings. The number of aromatic nitrogens is 4. The van der Waals surface area contributed by atoms with Gasteiger partial charge in [0.25, 0.3) is 5.56 Å². The third-order valence-corrected chi connectivity index (χ3v) is 4.75. The van der Waals surface area contributed by atoms with Gasteiger partial charge in [0.05, 0.1) is 17.4 Å². The monoisotopic (exact) mass is 426 g/mol. The number of para-hydroxylation sites is 1. The molecule has 4 rings (SSSR count). The first-order valence-electron chi connectivity index (χ1n) is 9.44. The molecule has 0 saturated heterocycles. The Hall–Kier alpha value is -3.79. The predicted molar refractivity (Wildman–Crippen MR) is 113 cm³/mol. The standard InChI is InChI=1S/C21H20F2N6O2/c1-28(2)8-9-31-12-6-7-16(25-10-12)13-11-29(19-14(22)4-3-5-15(19)23)21(30)17-18(13)26-27-20(17)24/h3-7,10-11H,8-9H2,1-2H3,(H3,24,26,27). The van der Waals surface area contributed by atoms with Crippen LogP contribution >= 0.6 is 0 Å². The minimum Gasteiger partial charge on any atom is -0.491 e. The number of nitrogens with zero attached hydrogens (tertiary/aromatic N) is 4. The van der Waals surface area contributed by atoms with E-state index in [0.717, 1.165) is 23.2 Å². The molecule has 160 valence electrons. The summed E-state index contributed by atoms with van der Waals surface area (Å²) in [5.74, 6) is -1.27. The maximum Gasteiger partial charge on any atom is 0.268 e. The van der Waals surface area contributed by atoms with Crippen molar-refractivity contribution in [1.29, 1.82) is 0 Å². The van der Waals surface area contributed by atoms with Crippen LogP contribution in [0.25, 0.3) is 27.8 Å². The molecule has 0 spiro atoms. The van der Waals surface area contributed by atoms with Gasteiger partial charge in [0.2, 0.25) is 0 Å². The first kappa shape index (κ1) is 20.5. The van der Waals surface area contributed by atoms with Crippen LogP contribution < -0.4 is 16.0 Å². The minimum absolute atomic E-state index is 0.0215. The number of nitrogens with one attached hydrogen (secondary N) is 1. The minimum atomic E-state index is -0.882. The molecule has 0 atom stereocenters. The number of rotatable bonds is 6. The zero-order valence-electron chi connectivity index (χ0n) is 16.9. The molecule has 0 aliphatic rings. The lowest BCUT2D eigenvalue weighted by Gasteiger charge is -2.13. The first-order chi connectivity index (χ1) is 14.9. The molecule has 0 radical (unpaired) electrons. The Kier molecular flexibility index (Phi) is 5.38. The molecular weight excluding hydrogens is 406 g/mol. The van der Waals surface area contributed by atoms with E-state index in [1.807, 2.05) is 19.0 Å². The van der Waals surface area contributed by atoms with Gasteiger partial charge in [-0.3, -0.25) is 19.4 Å². The molecule has 3 heterocycles. The number of ether oxygens (including phenoxy) is 1. The number of anilines is 1. The fraction of sp³-hybridized carbons (Fsp3) is 0.190. The van der Waals surface area contributed by atoms with Crippen LogP contribution in [-0.4, -0.2) is 51.9 Å². The number of fused-ring (bicyclic) bond motifs is 1. The normalized spacial score (nSPS) is 11.4. The lowest BCUT2D eigenvalue weighted by molar-refractivity contribution is 0.260. The maximum atomic E-state index is 14.4. The molecule has 31 heavy (non-hydrogen) atoms. The smallest absolute Gasteiger partial charge is 0.268 e. The molecule has 10 heteroatoms. The summed E-state index contributed by atoms with van der Waals surface area (Å²) < 4.78 is 35.4. The molecule has 8 nitrogen and oxygen atoms in total. The fourth-order valence-electron chi connectivity index (χ4n) is 3.19. The molecule has 0 saturated carbocycles. The summed E-state index contributed by atoms with van der Waals surface area (Å²) in [7, 11) is 3.89. The maximum absolute atomic E-state index is 14.4. The fourth-order valence-corrected chi connectivity index (χ4v) is 3.19. The number of aromatic amines is 1. The van der Waals surface area contributed by atoms with E-state index in [0.29, 0.717) is 29.1 Å². The highest BCUT2D eigenvalue weighted by atomic mass is 19.1. The lowest BCUT2D eigenvalue weighted by atomic mass is 10.1. The number of likely N-dealkylation sites (N-methyl/N-ethyl adjacent to an activating group) is 1. The van der Waals surface area contributed by atoms with E-state index in [2.05, 4.69) is 15.2 Å². The Bertz CT molecular complexity index is 1280. The van der Waals surface area contributed by atoms with Crippen LogP contribution in [0.1, 0.15) is 0 Å². The number of pyridine rings is 2. The van der Waals surface area contributed by atoms with Crippen molar-refractivity contribution >= 4 is 16.7 Å². The lowest BCUT2D eigenvalue weighted by Crippen LogP contribution is -2.21. The van der Waals surface area contributed by atoms with Crippen LogP contribution in [0.4, 0.5) is 14.6 Å². The van der Waals surface area contributed by atoms with Crippen molar-refractivity contribution in [2.45, 2.75) is 0 Å². The summed E-state index contributed by atoms with van der Waals surface area (Å²) in [4.78, 5) is 19.3. The summed E-state index contributed by atoms with van der Waals surface area (Å²) >= 11 is 0. The van der Waals surface area contributed by atoms with Gasteiger partial charge in [-0.2, -0.15) is 5.10 Å². The summed E-state index contributed by atoms with van der Waals surface area (Å²) in [5.41, 5.74) is 5.84. The molecule has 0 amide bonds. The number of hydrogen-bond donors (Lipinski definition) is 2. The van der Waals surface area contributed by atoms with E-state index in [4.69, 9.17) is 10.5 Å². The molecule has 0 aliphatic carbocycles. The van der Waals surface area contributed by atoms with Crippen molar-refractivity contribution in [3.8, 4) is 22.7 Å². The van der Waals surface area contributed by atoms with Gasteiger partial charge in [-0.1, -0.05) is 6.07 Å². The highest BCUT2D eigenvalue weighted by molar-refractivity contribution is 5.97. The first-order valence-corrected chi connectivity index (χ1v) is 9.44. The van der Waals surface area contributed by atoms with E-state index in [-0.39, 0.29) is 11.2 Å². The van der Waals surface area contributed by atoms with Gasteiger partial charge in [-0.05, 0) is 38.4 Å². The van der Waals surface area contributed by atoms with Gasteiger partial charge in [-0.25, -0.2) is 8.78 Å². The zero-order valence-corrected chi connectivity index (χ0v) is 16.9. The van der Waals surface area contributed by atoms with Crippen LogP contribution in [0.3, 0.4) is 0 Å². The Morgan fingerprint density at radius 3 is 2.58 bits per heavy atom. The van der Waals surface area contributed by atoms with Crippen molar-refractivity contribution in [2.24, 2.45) is 0 Å². The van der Waals surface area contributed by atoms with E-state index in [1.54, 1.807) is 12.1 Å². The summed E-state index contributed by atoms with van der Waals surface area (Å²) in [6.07, 6.45) is 2.86. The zero-order chi connectivity index (χ0) is 22.1. The Morgan fingerprint density at radius 2 is 1.94 bits per heavy atom. The Morgan fingerprint density at radius 1 is 1.19 bits per heavy atom. The second kappa shape index (κ2) is 8.15. The third-order valence-electron chi connectivity index (χ3n) is 4.75. The van der Waals surface area contributed by atoms with Crippen LogP contribution in [0, 0.1) is 11.6 Å². The number of halogens is 2. The van der Waals surface area contributed by atoms with Crippen LogP contribution in [0.2, 0.25) is 0 Å². The van der Waals surface area contributed by atoms with Gasteiger partial charge in [0.1, 0.15) is 35.1 Å². The van der Waals surface area contributed by atoms with E-state index < -0.39 is 22.9 Å². The van der Waals surface area contributed by atoms with Crippen LogP contribution in [0.5, 0.6) is 5.75 Å². The Labute approximate surface area is 175 Å². The molecule has 0 bridgehead atoms. The topological polar surface area (TPSA) is 102 Å². The van der Waals surface area contributed by atoms with Gasteiger partial charge in [-0.15, -0.1) is 0 Å². The van der Waals surface area contributed by atoms with Crippen molar-refractivity contribution in [3.63, 3.8) is 0 Å². The van der Waals surface area contributed by atoms with E-state index in [1.165, 1.54) is 18.5 Å². The molecule has 3 aromatic heterocycles. The molecule has 0 unspecified atom stereocenters. The van der Waals surface area contributed by atoms with Crippen molar-refractivity contribution in [3.05, 3.63) is 64.7 Å². The van der Waals surface area contributed by atoms with E-state index >= 15 is 0 Å².